The van der Waals surface area contributed by atoms with Crippen molar-refractivity contribution in [3.8, 4) is 5.69 Å². The summed E-state index contributed by atoms with van der Waals surface area (Å²) in [4.78, 5) is 0. The van der Waals surface area contributed by atoms with Crippen LogP contribution < -0.4 is 5.32 Å². The summed E-state index contributed by atoms with van der Waals surface area (Å²) in [5, 5.41) is 7.43. The van der Waals surface area contributed by atoms with Crippen LogP contribution in [0.2, 0.25) is 0 Å². The number of benzene rings is 3. The molecule has 0 amide bonds. The van der Waals surface area contributed by atoms with Crippen molar-refractivity contribution in [1.82, 2.24) is 9.78 Å². The largest absolute Gasteiger partial charge is 0.412 e. The molecule has 1 unspecified atom stereocenters. The van der Waals surface area contributed by atoms with Gasteiger partial charge in [-0.15, -0.1) is 0 Å². The lowest BCUT2D eigenvalue weighted by Crippen LogP contribution is -2.28. The van der Waals surface area contributed by atoms with E-state index in [-0.39, 0.29) is 11.4 Å². The van der Waals surface area contributed by atoms with E-state index < -0.39 is 12.2 Å². The second kappa shape index (κ2) is 7.24. The van der Waals surface area contributed by atoms with Gasteiger partial charge in [-0.2, -0.15) is 18.3 Å². The number of hydrogen-bond donors (Lipinski definition) is 1. The first kappa shape index (κ1) is 19.0. The summed E-state index contributed by atoms with van der Waals surface area (Å²) in [5.41, 5.74) is 2.51. The molecule has 29 heavy (non-hydrogen) atoms. The normalized spacial score (nSPS) is 12.9. The van der Waals surface area contributed by atoms with Crippen LogP contribution in [0.5, 0.6) is 0 Å². The van der Waals surface area contributed by atoms with E-state index in [1.807, 2.05) is 0 Å². The van der Waals surface area contributed by atoms with Gasteiger partial charge < -0.3 is 5.32 Å². The predicted molar refractivity (Wildman–Crippen MR) is 105 cm³/mol. The van der Waals surface area contributed by atoms with Crippen molar-refractivity contribution in [2.45, 2.75) is 19.1 Å². The lowest BCUT2D eigenvalue weighted by atomic mass is 10.0. The minimum absolute atomic E-state index is 0.0897. The molecule has 3 aromatic carbocycles. The van der Waals surface area contributed by atoms with E-state index in [0.717, 1.165) is 5.56 Å². The Balaban J connectivity index is 1.73. The fraction of sp³-hybridized carbons (Fsp3) is 0.136. The quantitative estimate of drug-likeness (QED) is 0.415. The van der Waals surface area contributed by atoms with Gasteiger partial charge in [-0.05, 0) is 60.5 Å². The fourth-order valence-corrected chi connectivity index (χ4v) is 3.26. The number of hydrogen-bond acceptors (Lipinski definition) is 2. The van der Waals surface area contributed by atoms with E-state index >= 15 is 0 Å². The fourth-order valence-electron chi connectivity index (χ4n) is 3.26. The van der Waals surface area contributed by atoms with Gasteiger partial charge in [-0.1, -0.05) is 24.3 Å². The highest BCUT2D eigenvalue weighted by Gasteiger charge is 2.41. The highest BCUT2D eigenvalue weighted by molar-refractivity contribution is 5.81. The standard InChI is InChI=1S/C22H17F4N3/c1-14-4-2-3-5-19(14)28-21(22(24,25)26)15-6-11-20-16(12-15)13-27-29(20)18-9-7-17(23)8-10-18/h2-13,21,28H,1H3. The summed E-state index contributed by atoms with van der Waals surface area (Å²) in [6.07, 6.45) is -2.98. The number of halogens is 4. The van der Waals surface area contributed by atoms with Crippen LogP contribution in [0.4, 0.5) is 23.2 Å². The Bertz CT molecular complexity index is 1150. The van der Waals surface area contributed by atoms with Gasteiger partial charge in [0, 0.05) is 11.1 Å². The molecule has 1 aromatic heterocycles. The number of para-hydroxylation sites is 1. The zero-order valence-corrected chi connectivity index (χ0v) is 15.4. The van der Waals surface area contributed by atoms with Crippen LogP contribution in [0.15, 0.2) is 72.9 Å². The van der Waals surface area contributed by atoms with Crippen LogP contribution in [0.25, 0.3) is 16.6 Å². The summed E-state index contributed by atoms with van der Waals surface area (Å²) >= 11 is 0. The molecule has 0 spiro atoms. The summed E-state index contributed by atoms with van der Waals surface area (Å²) in [5.74, 6) is -0.372. The highest BCUT2D eigenvalue weighted by Crippen LogP contribution is 2.37. The van der Waals surface area contributed by atoms with Gasteiger partial charge in [0.25, 0.3) is 0 Å². The molecule has 0 saturated carbocycles. The van der Waals surface area contributed by atoms with Gasteiger partial charge >= 0.3 is 6.18 Å². The number of nitrogens with zero attached hydrogens (tertiary/aromatic N) is 2. The second-order valence-corrected chi connectivity index (χ2v) is 6.78. The van der Waals surface area contributed by atoms with Crippen molar-refractivity contribution in [1.29, 1.82) is 0 Å². The maximum Gasteiger partial charge on any atom is 0.412 e. The Morgan fingerprint density at radius 2 is 1.69 bits per heavy atom. The van der Waals surface area contributed by atoms with Crippen molar-refractivity contribution >= 4 is 16.6 Å². The first-order valence-electron chi connectivity index (χ1n) is 8.95. The Hall–Kier alpha value is -3.35. The van der Waals surface area contributed by atoms with Crippen molar-refractivity contribution in [3.63, 3.8) is 0 Å². The Morgan fingerprint density at radius 1 is 0.966 bits per heavy atom. The summed E-state index contributed by atoms with van der Waals surface area (Å²) in [6, 6.07) is 15.2. The lowest BCUT2D eigenvalue weighted by molar-refractivity contribution is -0.143. The third kappa shape index (κ3) is 3.81. The number of aryl methyl sites for hydroxylation is 1. The zero-order chi connectivity index (χ0) is 20.6. The highest BCUT2D eigenvalue weighted by atomic mass is 19.4. The van der Waals surface area contributed by atoms with Crippen molar-refractivity contribution in [2.75, 3.05) is 5.32 Å². The maximum atomic E-state index is 13.8. The zero-order valence-electron chi connectivity index (χ0n) is 15.4. The second-order valence-electron chi connectivity index (χ2n) is 6.78. The van der Waals surface area contributed by atoms with Gasteiger partial charge in [-0.25, -0.2) is 9.07 Å². The third-order valence-electron chi connectivity index (χ3n) is 4.77. The number of anilines is 1. The molecule has 0 bridgehead atoms. The van der Waals surface area contributed by atoms with Crippen LogP contribution in [-0.2, 0) is 0 Å². The van der Waals surface area contributed by atoms with E-state index in [9.17, 15) is 17.6 Å². The molecule has 0 aliphatic carbocycles. The number of aromatic nitrogens is 2. The molecule has 0 saturated heterocycles. The van der Waals surface area contributed by atoms with Gasteiger partial charge in [0.1, 0.15) is 11.9 Å². The van der Waals surface area contributed by atoms with Crippen LogP contribution in [-0.4, -0.2) is 16.0 Å². The molecule has 4 rings (SSSR count). The van der Waals surface area contributed by atoms with Crippen molar-refractivity contribution in [3.05, 3.63) is 89.9 Å². The molecule has 1 N–H and O–H groups in total. The molecular weight excluding hydrogens is 382 g/mol. The topological polar surface area (TPSA) is 29.9 Å². The van der Waals surface area contributed by atoms with E-state index in [4.69, 9.17) is 0 Å². The predicted octanol–water partition coefficient (Wildman–Crippen LogP) is 6.19. The number of rotatable bonds is 4. The Morgan fingerprint density at radius 3 is 2.38 bits per heavy atom. The first-order chi connectivity index (χ1) is 13.8. The molecule has 1 heterocycles. The Kier molecular flexibility index (Phi) is 4.74. The van der Waals surface area contributed by atoms with Crippen molar-refractivity contribution < 1.29 is 17.6 Å². The molecule has 1 atom stereocenters. The average molecular weight is 399 g/mol. The van der Waals surface area contributed by atoms with E-state index in [1.165, 1.54) is 30.5 Å². The third-order valence-corrected chi connectivity index (χ3v) is 4.77. The SMILES string of the molecule is Cc1ccccc1NC(c1ccc2c(cnn2-c2ccc(F)cc2)c1)C(F)(F)F. The molecule has 7 heteroatoms. The smallest absolute Gasteiger partial charge is 0.370 e. The average Bonchev–Trinajstić information content (AvgIpc) is 3.10. The molecule has 148 valence electrons. The van der Waals surface area contributed by atoms with Gasteiger partial charge in [0.05, 0.1) is 17.4 Å². The summed E-state index contributed by atoms with van der Waals surface area (Å²) < 4.78 is 56.2. The van der Waals surface area contributed by atoms with Crippen LogP contribution >= 0.6 is 0 Å². The van der Waals surface area contributed by atoms with Crippen LogP contribution in [0.1, 0.15) is 17.2 Å². The number of nitrogens with one attached hydrogen (secondary N) is 1. The molecule has 0 fully saturated rings. The number of fused-ring (bicyclic) bond motifs is 1. The van der Waals surface area contributed by atoms with Gasteiger partial charge in [-0.3, -0.25) is 0 Å². The molecular formula is C22H17F4N3. The molecule has 0 aliphatic rings. The van der Waals surface area contributed by atoms with Crippen molar-refractivity contribution in [2.24, 2.45) is 0 Å². The minimum Gasteiger partial charge on any atom is -0.370 e. The van der Waals surface area contributed by atoms with E-state index in [0.29, 0.717) is 22.3 Å². The first-order valence-corrected chi connectivity index (χ1v) is 8.95. The minimum atomic E-state index is -4.48. The summed E-state index contributed by atoms with van der Waals surface area (Å²) in [6.45, 7) is 1.76. The van der Waals surface area contributed by atoms with E-state index in [2.05, 4.69) is 10.4 Å². The lowest BCUT2D eigenvalue weighted by Gasteiger charge is -2.24. The number of alkyl halides is 3. The Labute approximate surface area is 164 Å². The molecule has 0 radical (unpaired) electrons. The van der Waals surface area contributed by atoms with Crippen LogP contribution in [0.3, 0.4) is 0 Å². The van der Waals surface area contributed by atoms with Crippen LogP contribution in [0, 0.1) is 12.7 Å². The molecule has 4 aromatic rings. The maximum absolute atomic E-state index is 13.8. The van der Waals surface area contributed by atoms with Gasteiger partial charge in [0.15, 0.2) is 0 Å². The molecule has 0 aliphatic heterocycles. The molecule has 3 nitrogen and oxygen atoms in total. The monoisotopic (exact) mass is 399 g/mol. The summed E-state index contributed by atoms with van der Waals surface area (Å²) in [7, 11) is 0. The van der Waals surface area contributed by atoms with E-state index in [1.54, 1.807) is 54.1 Å². The van der Waals surface area contributed by atoms with Gasteiger partial charge in [0.2, 0.25) is 0 Å².